The van der Waals surface area contributed by atoms with Gasteiger partial charge in [-0.2, -0.15) is 0 Å². The molecule has 1 rings (SSSR count). The number of hydrogen-bond donors (Lipinski definition) is 0. The monoisotopic (exact) mass is 243 g/mol. The SMILES string of the molecule is COC(=O)C1(CN(C)CCCC(C)C)COC1. The highest BCUT2D eigenvalue weighted by molar-refractivity contribution is 5.78. The quantitative estimate of drug-likeness (QED) is 0.636. The van der Waals surface area contributed by atoms with Crippen molar-refractivity contribution in [3.8, 4) is 0 Å². The highest BCUT2D eigenvalue weighted by Gasteiger charge is 2.47. The molecule has 100 valence electrons. The van der Waals surface area contributed by atoms with Crippen molar-refractivity contribution in [1.82, 2.24) is 4.90 Å². The Labute approximate surface area is 104 Å². The van der Waals surface area contributed by atoms with Crippen LogP contribution in [0.2, 0.25) is 0 Å². The lowest BCUT2D eigenvalue weighted by Gasteiger charge is -2.41. The molecule has 0 N–H and O–H groups in total. The van der Waals surface area contributed by atoms with Gasteiger partial charge in [-0.05, 0) is 32.4 Å². The number of nitrogens with zero attached hydrogens (tertiary/aromatic N) is 1. The standard InChI is InChI=1S/C13H25NO3/c1-11(2)6-5-7-14(3)8-13(9-17-10-13)12(15)16-4/h11H,5-10H2,1-4H3. The van der Waals surface area contributed by atoms with E-state index in [9.17, 15) is 4.79 Å². The number of methoxy groups -OCH3 is 1. The van der Waals surface area contributed by atoms with Gasteiger partial charge in [0, 0.05) is 6.54 Å². The Morgan fingerprint density at radius 3 is 2.53 bits per heavy atom. The van der Waals surface area contributed by atoms with Crippen LogP contribution in [0, 0.1) is 11.3 Å². The molecular weight excluding hydrogens is 218 g/mol. The Kier molecular flexibility index (Phi) is 5.40. The minimum atomic E-state index is -0.415. The number of esters is 1. The van der Waals surface area contributed by atoms with E-state index in [0.29, 0.717) is 13.2 Å². The fourth-order valence-corrected chi connectivity index (χ4v) is 2.20. The van der Waals surface area contributed by atoms with E-state index in [-0.39, 0.29) is 5.97 Å². The molecule has 0 saturated carbocycles. The molecule has 17 heavy (non-hydrogen) atoms. The molecule has 1 saturated heterocycles. The third kappa shape index (κ3) is 3.96. The molecule has 0 atom stereocenters. The fourth-order valence-electron chi connectivity index (χ4n) is 2.20. The van der Waals surface area contributed by atoms with Gasteiger partial charge in [0.25, 0.3) is 0 Å². The molecule has 4 heteroatoms. The number of carbonyl (C=O) groups is 1. The third-order valence-electron chi connectivity index (χ3n) is 3.27. The van der Waals surface area contributed by atoms with Crippen LogP contribution in [0.25, 0.3) is 0 Å². The molecule has 0 unspecified atom stereocenters. The molecular formula is C13H25NO3. The summed E-state index contributed by atoms with van der Waals surface area (Å²) < 4.78 is 10.0. The van der Waals surface area contributed by atoms with E-state index in [1.807, 2.05) is 0 Å². The van der Waals surface area contributed by atoms with Crippen molar-refractivity contribution in [2.24, 2.45) is 11.3 Å². The zero-order valence-corrected chi connectivity index (χ0v) is 11.5. The van der Waals surface area contributed by atoms with Gasteiger partial charge in [0.1, 0.15) is 5.41 Å². The second kappa shape index (κ2) is 6.36. The first kappa shape index (κ1) is 14.5. The van der Waals surface area contributed by atoms with Crippen molar-refractivity contribution in [2.45, 2.75) is 26.7 Å². The van der Waals surface area contributed by atoms with Gasteiger partial charge in [-0.1, -0.05) is 13.8 Å². The summed E-state index contributed by atoms with van der Waals surface area (Å²) in [7, 11) is 3.50. The number of carbonyl (C=O) groups excluding carboxylic acids is 1. The van der Waals surface area contributed by atoms with Crippen LogP contribution < -0.4 is 0 Å². The normalized spacial score (nSPS) is 18.2. The highest BCUT2D eigenvalue weighted by Crippen LogP contribution is 2.29. The maximum atomic E-state index is 11.7. The number of ether oxygens (including phenoxy) is 2. The molecule has 1 aliphatic rings. The summed E-state index contributed by atoms with van der Waals surface area (Å²) in [6.45, 7) is 7.21. The summed E-state index contributed by atoms with van der Waals surface area (Å²) in [6, 6.07) is 0. The minimum absolute atomic E-state index is 0.139. The molecule has 1 heterocycles. The summed E-state index contributed by atoms with van der Waals surface area (Å²) in [6.07, 6.45) is 2.40. The smallest absolute Gasteiger partial charge is 0.317 e. The van der Waals surface area contributed by atoms with Crippen molar-refractivity contribution in [1.29, 1.82) is 0 Å². The summed E-state index contributed by atoms with van der Waals surface area (Å²) in [5, 5.41) is 0. The first-order chi connectivity index (χ1) is 8.00. The van der Waals surface area contributed by atoms with Crippen LogP contribution in [0.1, 0.15) is 26.7 Å². The Balaban J connectivity index is 2.33. The second-order valence-electron chi connectivity index (χ2n) is 5.54. The largest absolute Gasteiger partial charge is 0.468 e. The maximum Gasteiger partial charge on any atom is 0.317 e. The van der Waals surface area contributed by atoms with Gasteiger partial charge in [0.05, 0.1) is 20.3 Å². The Morgan fingerprint density at radius 2 is 2.12 bits per heavy atom. The predicted octanol–water partition coefficient (Wildman–Crippen LogP) is 1.54. The van der Waals surface area contributed by atoms with Crippen LogP contribution in [0.4, 0.5) is 0 Å². The molecule has 0 aliphatic carbocycles. The van der Waals surface area contributed by atoms with E-state index in [4.69, 9.17) is 9.47 Å². The molecule has 0 bridgehead atoms. The van der Waals surface area contributed by atoms with Crippen LogP contribution in [0.5, 0.6) is 0 Å². The van der Waals surface area contributed by atoms with Crippen molar-refractivity contribution in [3.05, 3.63) is 0 Å². The predicted molar refractivity (Wildman–Crippen MR) is 66.8 cm³/mol. The van der Waals surface area contributed by atoms with Crippen molar-refractivity contribution in [2.75, 3.05) is 40.5 Å². The average Bonchev–Trinajstić information content (AvgIpc) is 2.22. The van der Waals surface area contributed by atoms with E-state index in [0.717, 1.165) is 19.0 Å². The zero-order valence-electron chi connectivity index (χ0n) is 11.5. The van der Waals surface area contributed by atoms with Crippen LogP contribution in [0.15, 0.2) is 0 Å². The van der Waals surface area contributed by atoms with E-state index in [1.165, 1.54) is 20.0 Å². The van der Waals surface area contributed by atoms with Gasteiger partial charge in [0.2, 0.25) is 0 Å². The van der Waals surface area contributed by atoms with Gasteiger partial charge in [-0.15, -0.1) is 0 Å². The molecule has 0 aromatic carbocycles. The van der Waals surface area contributed by atoms with E-state index < -0.39 is 5.41 Å². The van der Waals surface area contributed by atoms with Crippen LogP contribution in [0.3, 0.4) is 0 Å². The van der Waals surface area contributed by atoms with Crippen LogP contribution in [-0.2, 0) is 14.3 Å². The van der Waals surface area contributed by atoms with Gasteiger partial charge in [-0.3, -0.25) is 4.79 Å². The lowest BCUT2D eigenvalue weighted by atomic mass is 9.85. The van der Waals surface area contributed by atoms with E-state index in [1.54, 1.807) is 0 Å². The molecule has 0 aromatic rings. The molecule has 0 radical (unpaired) electrons. The van der Waals surface area contributed by atoms with Gasteiger partial charge in [0.15, 0.2) is 0 Å². The van der Waals surface area contributed by atoms with Crippen molar-refractivity contribution in [3.63, 3.8) is 0 Å². The molecule has 4 nitrogen and oxygen atoms in total. The number of hydrogen-bond acceptors (Lipinski definition) is 4. The first-order valence-electron chi connectivity index (χ1n) is 6.35. The average molecular weight is 243 g/mol. The number of rotatable bonds is 7. The fraction of sp³-hybridized carbons (Fsp3) is 0.923. The summed E-state index contributed by atoms with van der Waals surface area (Å²) in [5.74, 6) is 0.601. The van der Waals surface area contributed by atoms with Crippen LogP contribution >= 0.6 is 0 Å². The second-order valence-corrected chi connectivity index (χ2v) is 5.54. The summed E-state index contributed by atoms with van der Waals surface area (Å²) >= 11 is 0. The van der Waals surface area contributed by atoms with Crippen LogP contribution in [-0.4, -0.2) is 51.3 Å². The van der Waals surface area contributed by atoms with Gasteiger partial charge in [-0.25, -0.2) is 0 Å². The molecule has 1 fully saturated rings. The zero-order chi connectivity index (χ0) is 12.9. The molecule has 0 aromatic heterocycles. The third-order valence-corrected chi connectivity index (χ3v) is 3.27. The molecule has 0 spiro atoms. The summed E-state index contributed by atoms with van der Waals surface area (Å²) in [5.41, 5.74) is -0.415. The lowest BCUT2D eigenvalue weighted by molar-refractivity contribution is -0.186. The van der Waals surface area contributed by atoms with E-state index >= 15 is 0 Å². The van der Waals surface area contributed by atoms with Gasteiger partial charge < -0.3 is 14.4 Å². The topological polar surface area (TPSA) is 38.8 Å². The summed E-state index contributed by atoms with van der Waals surface area (Å²) in [4.78, 5) is 13.9. The maximum absolute atomic E-state index is 11.7. The first-order valence-corrected chi connectivity index (χ1v) is 6.35. The van der Waals surface area contributed by atoms with Crippen molar-refractivity contribution < 1.29 is 14.3 Å². The lowest BCUT2D eigenvalue weighted by Crippen LogP contribution is -2.55. The Bertz CT molecular complexity index is 249. The van der Waals surface area contributed by atoms with E-state index in [2.05, 4.69) is 25.8 Å². The minimum Gasteiger partial charge on any atom is -0.468 e. The Morgan fingerprint density at radius 1 is 1.47 bits per heavy atom. The Hall–Kier alpha value is -0.610. The molecule has 0 amide bonds. The van der Waals surface area contributed by atoms with Crippen molar-refractivity contribution >= 4 is 5.97 Å². The van der Waals surface area contributed by atoms with Gasteiger partial charge >= 0.3 is 5.97 Å². The molecule has 1 aliphatic heterocycles. The highest BCUT2D eigenvalue weighted by atomic mass is 16.5.